The first-order valence-electron chi connectivity index (χ1n) is 9.46. The van der Waals surface area contributed by atoms with Gasteiger partial charge in [-0.15, -0.1) is 0 Å². The Labute approximate surface area is 180 Å². The largest absolute Gasteiger partial charge is 0.457 e. The number of benzene rings is 2. The molecule has 0 N–H and O–H groups in total. The molecule has 2 saturated carbocycles. The van der Waals surface area contributed by atoms with Crippen molar-refractivity contribution in [2.45, 2.75) is 23.0 Å². The van der Waals surface area contributed by atoms with Gasteiger partial charge in [-0.25, -0.2) is 0 Å². The third-order valence-corrected chi connectivity index (χ3v) is 9.51. The van der Waals surface area contributed by atoms with E-state index in [-0.39, 0.29) is 45.1 Å². The molecule has 0 radical (unpaired) electrons. The third-order valence-electron chi connectivity index (χ3n) is 6.31. The number of amides is 2. The van der Waals surface area contributed by atoms with E-state index in [1.165, 1.54) is 4.90 Å². The lowest BCUT2D eigenvalue weighted by molar-refractivity contribution is -0.123. The number of alkyl halides is 2. The van der Waals surface area contributed by atoms with Crippen LogP contribution in [0.2, 0.25) is 0 Å². The molecule has 3 fully saturated rings. The van der Waals surface area contributed by atoms with E-state index < -0.39 is 0 Å². The molecule has 0 spiro atoms. The van der Waals surface area contributed by atoms with Crippen molar-refractivity contribution in [2.75, 3.05) is 4.90 Å². The summed E-state index contributed by atoms with van der Waals surface area (Å²) < 4.78 is 5.88. The summed E-state index contributed by atoms with van der Waals surface area (Å²) in [5.41, 5.74) is 1.75. The molecule has 2 aromatic rings. The lowest BCUT2D eigenvalue weighted by Gasteiger charge is -2.28. The third kappa shape index (κ3) is 2.68. The molecule has 6 heteroatoms. The van der Waals surface area contributed by atoms with Gasteiger partial charge in [-0.3, -0.25) is 14.5 Å². The van der Waals surface area contributed by atoms with Gasteiger partial charge in [0.15, 0.2) is 0 Å². The fourth-order valence-electron chi connectivity index (χ4n) is 5.08. The van der Waals surface area contributed by atoms with Crippen molar-refractivity contribution in [1.82, 2.24) is 0 Å². The monoisotopic (exact) mass is 503 g/mol. The Morgan fingerprint density at radius 3 is 2.07 bits per heavy atom. The van der Waals surface area contributed by atoms with Crippen molar-refractivity contribution in [3.05, 3.63) is 54.1 Å². The summed E-state index contributed by atoms with van der Waals surface area (Å²) in [6, 6.07) is 15.0. The number of hydrogen-bond acceptors (Lipinski definition) is 3. The molecule has 6 unspecified atom stereocenters. The zero-order valence-corrected chi connectivity index (χ0v) is 18.4. The first-order chi connectivity index (χ1) is 13.5. The number of carbonyl (C=O) groups excluding carboxylic acids is 2. The van der Waals surface area contributed by atoms with Gasteiger partial charge in [-0.1, -0.05) is 44.0 Å². The molecule has 2 bridgehead atoms. The van der Waals surface area contributed by atoms with E-state index in [1.54, 1.807) is 12.1 Å². The average molecular weight is 505 g/mol. The Hall–Kier alpha value is -1.66. The summed E-state index contributed by atoms with van der Waals surface area (Å²) in [6.45, 7) is 2.01. The van der Waals surface area contributed by atoms with Gasteiger partial charge in [0.2, 0.25) is 11.8 Å². The Bertz CT molecular complexity index is 929. The van der Waals surface area contributed by atoms with Crippen LogP contribution in [-0.4, -0.2) is 21.5 Å². The smallest absolute Gasteiger partial charge is 0.238 e. The lowest BCUT2D eigenvalue weighted by Crippen LogP contribution is -2.37. The van der Waals surface area contributed by atoms with Gasteiger partial charge in [0, 0.05) is 9.65 Å². The van der Waals surface area contributed by atoms with Crippen LogP contribution in [0.5, 0.6) is 11.5 Å². The molecule has 2 amide bonds. The highest BCUT2D eigenvalue weighted by atomic mass is 79.9. The highest BCUT2D eigenvalue weighted by molar-refractivity contribution is 9.12. The van der Waals surface area contributed by atoms with Crippen molar-refractivity contribution in [3.63, 3.8) is 0 Å². The summed E-state index contributed by atoms with van der Waals surface area (Å²) in [4.78, 5) is 28.1. The zero-order chi connectivity index (χ0) is 19.6. The second kappa shape index (κ2) is 6.70. The van der Waals surface area contributed by atoms with Crippen LogP contribution in [0.1, 0.15) is 12.0 Å². The number of nitrogens with zero attached hydrogens (tertiary/aromatic N) is 1. The Morgan fingerprint density at radius 1 is 0.893 bits per heavy atom. The molecule has 144 valence electrons. The van der Waals surface area contributed by atoms with Gasteiger partial charge in [0.1, 0.15) is 11.5 Å². The molecule has 2 aliphatic carbocycles. The molecule has 1 heterocycles. The van der Waals surface area contributed by atoms with E-state index in [1.807, 2.05) is 43.3 Å². The molecule has 2 aromatic carbocycles. The predicted molar refractivity (Wildman–Crippen MR) is 114 cm³/mol. The van der Waals surface area contributed by atoms with Crippen LogP contribution in [0.25, 0.3) is 0 Å². The second-order valence-corrected chi connectivity index (χ2v) is 10.0. The maximum absolute atomic E-state index is 13.1. The summed E-state index contributed by atoms with van der Waals surface area (Å²) >= 11 is 7.44. The van der Waals surface area contributed by atoms with Crippen LogP contribution in [-0.2, 0) is 9.59 Å². The van der Waals surface area contributed by atoms with Crippen LogP contribution in [0.15, 0.2) is 48.5 Å². The van der Waals surface area contributed by atoms with Gasteiger partial charge in [0.25, 0.3) is 0 Å². The lowest BCUT2D eigenvalue weighted by atomic mass is 9.81. The number of aryl methyl sites for hydroxylation is 1. The molecule has 4 nitrogen and oxygen atoms in total. The molecule has 6 atom stereocenters. The van der Waals surface area contributed by atoms with Crippen molar-refractivity contribution < 1.29 is 14.3 Å². The van der Waals surface area contributed by atoms with E-state index in [4.69, 9.17) is 4.74 Å². The summed E-state index contributed by atoms with van der Waals surface area (Å²) in [5, 5.41) is 0. The van der Waals surface area contributed by atoms with Gasteiger partial charge in [-0.2, -0.15) is 0 Å². The number of rotatable bonds is 3. The van der Waals surface area contributed by atoms with Gasteiger partial charge in [-0.05, 0) is 67.1 Å². The van der Waals surface area contributed by atoms with E-state index in [9.17, 15) is 9.59 Å². The minimum Gasteiger partial charge on any atom is -0.457 e. The van der Waals surface area contributed by atoms with E-state index >= 15 is 0 Å². The standard InChI is InChI=1S/C22H19Br2NO3/c1-11-3-2-4-14(9-11)28-13-7-5-12(6-8-13)25-21(26)17-15-10-16(18(17)22(25)27)20(24)19(15)23/h2-9,15-20H,10H2,1H3. The zero-order valence-electron chi connectivity index (χ0n) is 15.2. The minimum atomic E-state index is -0.195. The second-order valence-electron chi connectivity index (χ2n) is 7.93. The molecule has 28 heavy (non-hydrogen) atoms. The SMILES string of the molecule is Cc1cccc(Oc2ccc(N3C(=O)C4C5CC(C(Br)C5Br)C4C3=O)cc2)c1. The van der Waals surface area contributed by atoms with E-state index in [2.05, 4.69) is 31.9 Å². The van der Waals surface area contributed by atoms with Crippen molar-refractivity contribution in [2.24, 2.45) is 23.7 Å². The average Bonchev–Trinajstić information content (AvgIpc) is 3.28. The maximum atomic E-state index is 13.1. The Kier molecular flexibility index (Phi) is 4.40. The molecular formula is C22H19Br2NO3. The molecule has 1 aliphatic heterocycles. The molecule has 1 saturated heterocycles. The van der Waals surface area contributed by atoms with Crippen LogP contribution >= 0.6 is 31.9 Å². The number of halogens is 2. The maximum Gasteiger partial charge on any atom is 0.238 e. The number of ether oxygens (including phenoxy) is 1. The first kappa shape index (κ1) is 18.4. The Morgan fingerprint density at radius 2 is 1.50 bits per heavy atom. The van der Waals surface area contributed by atoms with Crippen LogP contribution in [0, 0.1) is 30.6 Å². The molecule has 5 rings (SSSR count). The minimum absolute atomic E-state index is 0.0568. The van der Waals surface area contributed by atoms with Crippen LogP contribution in [0.3, 0.4) is 0 Å². The highest BCUT2D eigenvalue weighted by Gasteiger charge is 2.66. The van der Waals surface area contributed by atoms with Crippen LogP contribution < -0.4 is 9.64 Å². The number of hydrogen-bond donors (Lipinski definition) is 0. The van der Waals surface area contributed by atoms with Gasteiger partial charge >= 0.3 is 0 Å². The Balaban J connectivity index is 1.38. The number of fused-ring (bicyclic) bond motifs is 5. The van der Waals surface area contributed by atoms with E-state index in [0.29, 0.717) is 11.4 Å². The predicted octanol–water partition coefficient (Wildman–Crippen LogP) is 5.07. The normalized spacial score (nSPS) is 33.5. The molecule has 0 aromatic heterocycles. The van der Waals surface area contributed by atoms with Gasteiger partial charge in [0.05, 0.1) is 17.5 Å². The van der Waals surface area contributed by atoms with Crippen LogP contribution in [0.4, 0.5) is 5.69 Å². The molecule has 3 aliphatic rings. The van der Waals surface area contributed by atoms with E-state index in [0.717, 1.165) is 17.7 Å². The van der Waals surface area contributed by atoms with Crippen molar-refractivity contribution >= 4 is 49.4 Å². The fraction of sp³-hybridized carbons (Fsp3) is 0.364. The van der Waals surface area contributed by atoms with Crippen molar-refractivity contribution in [3.8, 4) is 11.5 Å². The number of anilines is 1. The first-order valence-corrected chi connectivity index (χ1v) is 11.3. The topological polar surface area (TPSA) is 46.6 Å². The van der Waals surface area contributed by atoms with Gasteiger partial charge < -0.3 is 4.74 Å². The fourth-order valence-corrected chi connectivity index (χ4v) is 6.95. The highest BCUT2D eigenvalue weighted by Crippen LogP contribution is 2.60. The molecular weight excluding hydrogens is 486 g/mol. The summed E-state index contributed by atoms with van der Waals surface area (Å²) in [6.07, 6.45) is 0.940. The summed E-state index contributed by atoms with van der Waals surface area (Å²) in [5.74, 6) is 1.39. The number of imide groups is 1. The quantitative estimate of drug-likeness (QED) is 0.433. The van der Waals surface area contributed by atoms with Crippen molar-refractivity contribution in [1.29, 1.82) is 0 Å². The number of carbonyl (C=O) groups is 2. The summed E-state index contributed by atoms with van der Waals surface area (Å²) in [7, 11) is 0.